The molecule has 0 N–H and O–H groups in total. The maximum Gasteiger partial charge on any atom is 0.158 e. The summed E-state index contributed by atoms with van der Waals surface area (Å²) < 4.78 is 0. The lowest BCUT2D eigenvalue weighted by Crippen LogP contribution is -2.14. The molecule has 0 aliphatic rings. The summed E-state index contributed by atoms with van der Waals surface area (Å²) in [5.41, 5.74) is 6.67. The Morgan fingerprint density at radius 1 is 0.390 bits per heavy atom. The van der Waals surface area contributed by atoms with Gasteiger partial charge in [-0.3, -0.25) is 14.9 Å². The van der Waals surface area contributed by atoms with Gasteiger partial charge in [0.15, 0.2) is 11.6 Å². The van der Waals surface area contributed by atoms with E-state index in [4.69, 9.17) is 19.9 Å². The molecule has 6 aromatic carbocycles. The number of anilines is 3. The first-order valence-electron chi connectivity index (χ1n) is 13.6. The molecule has 0 fully saturated rings. The van der Waals surface area contributed by atoms with Crippen molar-refractivity contribution < 1.29 is 0 Å². The van der Waals surface area contributed by atoms with Crippen LogP contribution in [0.4, 0.5) is 17.3 Å². The van der Waals surface area contributed by atoms with Gasteiger partial charge in [-0.25, -0.2) is 9.97 Å². The number of para-hydroxylation sites is 4. The minimum Gasteiger partial charge on any atom is -0.276 e. The molecule has 2 aromatic heterocycles. The second-order valence-corrected chi connectivity index (χ2v) is 10.1. The monoisotopic (exact) mass is 525 g/mol. The number of fused-ring (bicyclic) bond motifs is 4. The first-order valence-corrected chi connectivity index (χ1v) is 13.6. The first kappa shape index (κ1) is 23.2. The lowest BCUT2D eigenvalue weighted by atomic mass is 9.98. The van der Waals surface area contributed by atoms with Gasteiger partial charge in [0.25, 0.3) is 0 Å². The largest absolute Gasteiger partial charge is 0.276 e. The van der Waals surface area contributed by atoms with Crippen LogP contribution in [0.2, 0.25) is 0 Å². The van der Waals surface area contributed by atoms with Crippen LogP contribution in [-0.2, 0) is 0 Å². The predicted octanol–water partition coefficient (Wildman–Crippen LogP) is 9.02. The fourth-order valence-corrected chi connectivity index (χ4v) is 5.41. The molecular formula is C36H23N5. The van der Waals surface area contributed by atoms with E-state index >= 15 is 0 Å². The fourth-order valence-electron chi connectivity index (χ4n) is 5.41. The van der Waals surface area contributed by atoms with E-state index in [2.05, 4.69) is 78.9 Å². The molecule has 0 saturated heterocycles. The van der Waals surface area contributed by atoms with Gasteiger partial charge in [-0.15, -0.1) is 0 Å². The molecule has 0 atom stereocenters. The first-order chi connectivity index (χ1) is 20.3. The molecule has 0 radical (unpaired) electrons. The van der Waals surface area contributed by atoms with Crippen LogP contribution >= 0.6 is 0 Å². The van der Waals surface area contributed by atoms with Gasteiger partial charge in [0, 0.05) is 5.69 Å². The van der Waals surface area contributed by atoms with Crippen molar-refractivity contribution >= 4 is 60.9 Å². The third-order valence-corrected chi connectivity index (χ3v) is 7.49. The van der Waals surface area contributed by atoms with Gasteiger partial charge in [0.2, 0.25) is 0 Å². The summed E-state index contributed by atoms with van der Waals surface area (Å²) in [6, 6.07) is 43.9. The number of nitrogens with zero attached hydrogens (tertiary/aromatic N) is 5. The lowest BCUT2D eigenvalue weighted by Gasteiger charge is -2.23. The molecule has 5 heteroatoms. The summed E-state index contributed by atoms with van der Waals surface area (Å²) in [7, 11) is 0. The fraction of sp³-hybridized carbons (Fsp3) is 0. The summed E-state index contributed by atoms with van der Waals surface area (Å²) in [4.78, 5) is 21.3. The zero-order valence-electron chi connectivity index (χ0n) is 22.0. The molecule has 0 bridgehead atoms. The Labute approximate surface area is 236 Å². The highest BCUT2D eigenvalue weighted by atomic mass is 15.3. The maximum absolute atomic E-state index is 4.96. The van der Waals surface area contributed by atoms with Crippen molar-refractivity contribution in [2.24, 2.45) is 0 Å². The van der Waals surface area contributed by atoms with E-state index < -0.39 is 0 Å². The van der Waals surface area contributed by atoms with Crippen LogP contribution in [0.25, 0.3) is 54.7 Å². The van der Waals surface area contributed by atoms with Gasteiger partial charge in [-0.2, -0.15) is 0 Å². The van der Waals surface area contributed by atoms with E-state index in [0.29, 0.717) is 11.6 Å². The van der Waals surface area contributed by atoms with Crippen LogP contribution in [0.3, 0.4) is 0 Å². The van der Waals surface area contributed by atoms with Gasteiger partial charge in [-0.1, -0.05) is 78.9 Å². The Kier molecular flexibility index (Phi) is 5.38. The standard InChI is InChI=1S/C36H23N5/c1-2-8-25-19-26(14-13-24(25)7-1)27-15-16-29-21-30(18-17-28(29)20-27)41(35-22-37-31-9-3-5-11-33(31)39-35)36-23-38-32-10-4-6-12-34(32)40-36/h1-23H. The third-order valence-electron chi connectivity index (χ3n) is 7.49. The summed E-state index contributed by atoms with van der Waals surface area (Å²) >= 11 is 0. The average molecular weight is 526 g/mol. The van der Waals surface area contributed by atoms with Crippen LogP contribution in [-0.4, -0.2) is 19.9 Å². The van der Waals surface area contributed by atoms with E-state index in [0.717, 1.165) is 38.5 Å². The summed E-state index contributed by atoms with van der Waals surface area (Å²) in [6.07, 6.45) is 3.60. The molecule has 41 heavy (non-hydrogen) atoms. The van der Waals surface area contributed by atoms with Crippen LogP contribution < -0.4 is 4.90 Å². The molecule has 192 valence electrons. The topological polar surface area (TPSA) is 54.8 Å². The molecule has 5 nitrogen and oxygen atoms in total. The molecule has 8 rings (SSSR count). The van der Waals surface area contributed by atoms with E-state index in [1.54, 1.807) is 12.4 Å². The number of benzene rings is 6. The Balaban J connectivity index is 1.25. The van der Waals surface area contributed by atoms with Gasteiger partial charge in [0.1, 0.15) is 0 Å². The maximum atomic E-state index is 4.96. The van der Waals surface area contributed by atoms with Crippen molar-refractivity contribution in [2.45, 2.75) is 0 Å². The number of aromatic nitrogens is 4. The van der Waals surface area contributed by atoms with E-state index in [1.807, 2.05) is 53.4 Å². The van der Waals surface area contributed by atoms with Crippen LogP contribution in [0.1, 0.15) is 0 Å². The Bertz CT molecular complexity index is 2160. The lowest BCUT2D eigenvalue weighted by molar-refractivity contribution is 1.12. The van der Waals surface area contributed by atoms with Gasteiger partial charge in [-0.05, 0) is 81.2 Å². The van der Waals surface area contributed by atoms with E-state index in [1.165, 1.54) is 21.9 Å². The zero-order chi connectivity index (χ0) is 27.2. The molecule has 0 amide bonds. The van der Waals surface area contributed by atoms with Crippen molar-refractivity contribution in [2.75, 3.05) is 4.90 Å². The highest BCUT2D eigenvalue weighted by molar-refractivity contribution is 5.94. The van der Waals surface area contributed by atoms with Crippen LogP contribution in [0.15, 0.2) is 140 Å². The quantitative estimate of drug-likeness (QED) is 0.229. The van der Waals surface area contributed by atoms with Crippen molar-refractivity contribution in [3.8, 4) is 11.1 Å². The Morgan fingerprint density at radius 3 is 1.49 bits per heavy atom. The average Bonchev–Trinajstić information content (AvgIpc) is 3.04. The summed E-state index contributed by atoms with van der Waals surface area (Å²) in [5, 5.41) is 4.77. The minimum absolute atomic E-state index is 0.681. The molecule has 0 saturated carbocycles. The van der Waals surface area contributed by atoms with E-state index in [9.17, 15) is 0 Å². The molecule has 0 spiro atoms. The highest BCUT2D eigenvalue weighted by Gasteiger charge is 2.18. The number of hydrogen-bond donors (Lipinski definition) is 0. The van der Waals surface area contributed by atoms with Crippen LogP contribution in [0, 0.1) is 0 Å². The Morgan fingerprint density at radius 2 is 0.854 bits per heavy atom. The zero-order valence-corrected chi connectivity index (χ0v) is 22.0. The normalized spacial score (nSPS) is 11.4. The SMILES string of the molecule is c1ccc2cc(-c3ccc4cc(N(c5cnc6ccccc6n5)c5cnc6ccccc6n5)ccc4c3)ccc2c1. The molecular weight excluding hydrogens is 502 g/mol. The summed E-state index contributed by atoms with van der Waals surface area (Å²) in [5.74, 6) is 1.36. The van der Waals surface area contributed by atoms with Gasteiger partial charge < -0.3 is 0 Å². The molecule has 0 unspecified atom stereocenters. The molecule has 2 heterocycles. The summed E-state index contributed by atoms with van der Waals surface area (Å²) in [6.45, 7) is 0. The minimum atomic E-state index is 0.681. The number of rotatable bonds is 4. The van der Waals surface area contributed by atoms with Crippen molar-refractivity contribution in [1.29, 1.82) is 0 Å². The van der Waals surface area contributed by atoms with Crippen molar-refractivity contribution in [1.82, 2.24) is 19.9 Å². The second-order valence-electron chi connectivity index (χ2n) is 10.1. The predicted molar refractivity (Wildman–Crippen MR) is 168 cm³/mol. The highest BCUT2D eigenvalue weighted by Crippen LogP contribution is 2.36. The smallest absolute Gasteiger partial charge is 0.158 e. The van der Waals surface area contributed by atoms with Gasteiger partial charge in [0.05, 0.1) is 34.5 Å². The molecule has 0 aliphatic heterocycles. The van der Waals surface area contributed by atoms with Crippen molar-refractivity contribution in [3.05, 3.63) is 140 Å². The number of hydrogen-bond acceptors (Lipinski definition) is 5. The molecule has 0 aliphatic carbocycles. The second kappa shape index (κ2) is 9.50. The van der Waals surface area contributed by atoms with Gasteiger partial charge >= 0.3 is 0 Å². The van der Waals surface area contributed by atoms with E-state index in [-0.39, 0.29) is 0 Å². The van der Waals surface area contributed by atoms with Crippen LogP contribution in [0.5, 0.6) is 0 Å². The van der Waals surface area contributed by atoms with Crippen molar-refractivity contribution in [3.63, 3.8) is 0 Å². The molecule has 8 aromatic rings. The Hall–Kier alpha value is -5.68. The third kappa shape index (κ3) is 4.21.